The number of benzene rings is 1. The van der Waals surface area contributed by atoms with Crippen molar-refractivity contribution in [2.75, 3.05) is 11.9 Å². The van der Waals surface area contributed by atoms with Gasteiger partial charge in [0.15, 0.2) is 5.78 Å². The standard InChI is InChI=1S/C17H17N2O3.Y/c1-2-22-12-6-3-5-11(9-12)19-17(21)13-10-18-14-7-4-8-15(20)16(13)14;/h3,5,9-10,18H,2,4,7-8H2,1H3,(H,19,21);/q-1;. The molecule has 117 valence electrons. The Bertz CT molecular complexity index is 724. The summed E-state index contributed by atoms with van der Waals surface area (Å²) in [4.78, 5) is 27.5. The first kappa shape index (κ1) is 17.9. The normalized spacial score (nSPS) is 13.0. The van der Waals surface area contributed by atoms with Crippen LogP contribution in [-0.2, 0) is 39.1 Å². The molecular weight excluding hydrogens is 369 g/mol. The molecule has 23 heavy (non-hydrogen) atoms. The number of hydrogen-bond acceptors (Lipinski definition) is 3. The van der Waals surface area contributed by atoms with E-state index >= 15 is 0 Å². The molecule has 1 radical (unpaired) electrons. The van der Waals surface area contributed by atoms with Crippen molar-refractivity contribution >= 4 is 17.4 Å². The van der Waals surface area contributed by atoms with Gasteiger partial charge in [-0.05, 0) is 19.8 Å². The fraction of sp³-hybridized carbons (Fsp3) is 0.294. The molecule has 6 heteroatoms. The fourth-order valence-corrected chi connectivity index (χ4v) is 2.67. The number of H-pyrrole nitrogens is 1. The number of Topliss-reactive ketones (excluding diaryl/α,β-unsaturated/α-hetero) is 1. The third-order valence-corrected chi connectivity index (χ3v) is 3.65. The molecule has 0 atom stereocenters. The molecular formula is C17H17N2O3Y-. The number of ether oxygens (including phenoxy) is 1. The van der Waals surface area contributed by atoms with Gasteiger partial charge < -0.3 is 15.0 Å². The predicted molar refractivity (Wildman–Crippen MR) is 82.5 cm³/mol. The second kappa shape index (κ2) is 7.89. The fourth-order valence-electron chi connectivity index (χ4n) is 2.67. The van der Waals surface area contributed by atoms with Gasteiger partial charge in [0.25, 0.3) is 5.91 Å². The van der Waals surface area contributed by atoms with Gasteiger partial charge >= 0.3 is 0 Å². The Balaban J connectivity index is 0.00000192. The molecule has 3 rings (SSSR count). The molecule has 0 unspecified atom stereocenters. The number of carbonyl (C=O) groups excluding carboxylic acids is 2. The first-order valence-electron chi connectivity index (χ1n) is 7.38. The van der Waals surface area contributed by atoms with E-state index in [-0.39, 0.29) is 44.4 Å². The van der Waals surface area contributed by atoms with Crippen molar-refractivity contribution < 1.29 is 47.0 Å². The largest absolute Gasteiger partial charge is 0.520 e. The summed E-state index contributed by atoms with van der Waals surface area (Å²) in [6.07, 6.45) is 3.75. The molecule has 1 heterocycles. The zero-order valence-corrected chi connectivity index (χ0v) is 15.8. The number of anilines is 1. The number of carbonyl (C=O) groups is 2. The van der Waals surface area contributed by atoms with Crippen LogP contribution in [0.15, 0.2) is 24.4 Å². The molecule has 0 saturated heterocycles. The number of nitrogens with one attached hydrogen (secondary N) is 2. The molecule has 2 N–H and O–H groups in total. The van der Waals surface area contributed by atoms with E-state index in [0.29, 0.717) is 35.6 Å². The summed E-state index contributed by atoms with van der Waals surface area (Å²) >= 11 is 0. The van der Waals surface area contributed by atoms with Gasteiger partial charge in [0, 0.05) is 56.8 Å². The van der Waals surface area contributed by atoms with E-state index in [0.717, 1.165) is 18.5 Å². The van der Waals surface area contributed by atoms with Crippen LogP contribution in [0, 0.1) is 6.07 Å². The Labute approximate surface area is 160 Å². The molecule has 2 aromatic rings. The third kappa shape index (κ3) is 3.90. The van der Waals surface area contributed by atoms with E-state index in [1.54, 1.807) is 24.4 Å². The van der Waals surface area contributed by atoms with Gasteiger partial charge in [0.1, 0.15) is 0 Å². The van der Waals surface area contributed by atoms with Gasteiger partial charge in [0.2, 0.25) is 0 Å². The van der Waals surface area contributed by atoms with Crippen LogP contribution in [0.4, 0.5) is 5.69 Å². The van der Waals surface area contributed by atoms with Crippen LogP contribution in [0.1, 0.15) is 46.2 Å². The van der Waals surface area contributed by atoms with E-state index in [2.05, 4.69) is 16.4 Å². The number of ketones is 1. The topological polar surface area (TPSA) is 71.2 Å². The Morgan fingerprint density at radius 1 is 1.43 bits per heavy atom. The smallest absolute Gasteiger partial charge is 0.256 e. The molecule has 0 aliphatic heterocycles. The van der Waals surface area contributed by atoms with Crippen molar-refractivity contribution in [1.82, 2.24) is 4.98 Å². The Kier molecular flexibility index (Phi) is 6.13. The summed E-state index contributed by atoms with van der Waals surface area (Å²) in [6, 6.07) is 8.08. The van der Waals surface area contributed by atoms with Crippen LogP contribution in [0.3, 0.4) is 0 Å². The van der Waals surface area contributed by atoms with E-state index in [1.807, 2.05) is 6.92 Å². The Morgan fingerprint density at radius 2 is 2.26 bits per heavy atom. The molecule has 0 saturated carbocycles. The van der Waals surface area contributed by atoms with Gasteiger partial charge in [-0.15, -0.1) is 18.2 Å². The summed E-state index contributed by atoms with van der Waals surface area (Å²) in [5.74, 6) is 0.318. The van der Waals surface area contributed by atoms with Crippen molar-refractivity contribution in [3.05, 3.63) is 47.3 Å². The number of aromatic nitrogens is 1. The number of rotatable bonds is 4. The Morgan fingerprint density at radius 3 is 3.04 bits per heavy atom. The minimum atomic E-state index is -0.290. The van der Waals surface area contributed by atoms with Gasteiger partial charge in [-0.2, -0.15) is 6.07 Å². The molecule has 0 fully saturated rings. The van der Waals surface area contributed by atoms with E-state index in [4.69, 9.17) is 4.74 Å². The van der Waals surface area contributed by atoms with Crippen LogP contribution in [-0.4, -0.2) is 23.3 Å². The molecule has 1 aromatic heterocycles. The number of amides is 1. The van der Waals surface area contributed by atoms with Crippen molar-refractivity contribution in [2.45, 2.75) is 26.2 Å². The minimum Gasteiger partial charge on any atom is -0.520 e. The first-order chi connectivity index (χ1) is 10.7. The van der Waals surface area contributed by atoms with Crippen LogP contribution >= 0.6 is 0 Å². The van der Waals surface area contributed by atoms with E-state index < -0.39 is 0 Å². The van der Waals surface area contributed by atoms with Crippen LogP contribution in [0.2, 0.25) is 0 Å². The average Bonchev–Trinajstić information content (AvgIpc) is 2.93. The van der Waals surface area contributed by atoms with Crippen molar-refractivity contribution in [2.24, 2.45) is 0 Å². The van der Waals surface area contributed by atoms with Crippen LogP contribution in [0.5, 0.6) is 5.75 Å². The minimum absolute atomic E-state index is 0. The van der Waals surface area contributed by atoms with Gasteiger partial charge in [-0.25, -0.2) is 0 Å². The van der Waals surface area contributed by atoms with Crippen molar-refractivity contribution in [1.29, 1.82) is 0 Å². The summed E-state index contributed by atoms with van der Waals surface area (Å²) in [5.41, 5.74) is 2.42. The maximum Gasteiger partial charge on any atom is 0.256 e. The molecule has 1 aliphatic rings. The average molecular weight is 386 g/mol. The van der Waals surface area contributed by atoms with Crippen molar-refractivity contribution in [3.8, 4) is 5.75 Å². The number of aromatic amines is 1. The van der Waals surface area contributed by atoms with E-state index in [1.165, 1.54) is 0 Å². The Hall–Kier alpha value is -1.46. The van der Waals surface area contributed by atoms with Crippen LogP contribution < -0.4 is 10.1 Å². The third-order valence-electron chi connectivity index (χ3n) is 3.65. The molecule has 5 nitrogen and oxygen atoms in total. The molecule has 0 spiro atoms. The molecule has 0 bridgehead atoms. The predicted octanol–water partition coefficient (Wildman–Crippen LogP) is 2.98. The van der Waals surface area contributed by atoms with Crippen LogP contribution in [0.25, 0.3) is 0 Å². The zero-order valence-electron chi connectivity index (χ0n) is 12.9. The monoisotopic (exact) mass is 386 g/mol. The SMILES string of the molecule is CCOc1[c-]ccc(NC(=O)c2c[nH]c3c2C(=O)CCC3)c1.[Y]. The number of aryl methyl sites for hydroxylation is 1. The quantitative estimate of drug-likeness (QED) is 0.794. The van der Waals surface area contributed by atoms with Crippen molar-refractivity contribution in [3.63, 3.8) is 0 Å². The summed E-state index contributed by atoms with van der Waals surface area (Å²) in [5, 5.41) is 2.80. The first-order valence-corrected chi connectivity index (χ1v) is 7.38. The van der Waals surface area contributed by atoms with Gasteiger partial charge in [0.05, 0.1) is 17.7 Å². The van der Waals surface area contributed by atoms with Gasteiger partial charge in [-0.3, -0.25) is 9.59 Å². The molecule has 1 aliphatic carbocycles. The second-order valence-corrected chi connectivity index (χ2v) is 5.16. The van der Waals surface area contributed by atoms with E-state index in [9.17, 15) is 9.59 Å². The second-order valence-electron chi connectivity index (χ2n) is 5.16. The maximum absolute atomic E-state index is 12.4. The number of hydrogen-bond donors (Lipinski definition) is 2. The van der Waals surface area contributed by atoms with Gasteiger partial charge in [-0.1, -0.05) is 5.69 Å². The molecule has 1 amide bonds. The number of fused-ring (bicyclic) bond motifs is 1. The zero-order chi connectivity index (χ0) is 15.5. The molecule has 1 aromatic carbocycles. The maximum atomic E-state index is 12.4. The summed E-state index contributed by atoms with van der Waals surface area (Å²) < 4.78 is 5.36. The summed E-state index contributed by atoms with van der Waals surface area (Å²) in [6.45, 7) is 2.42. The summed E-state index contributed by atoms with van der Waals surface area (Å²) in [7, 11) is 0.